The second-order valence-electron chi connectivity index (χ2n) is 3.02. The lowest BCUT2D eigenvalue weighted by Gasteiger charge is -1.98. The number of aromatic nitrogens is 2. The van der Waals surface area contributed by atoms with E-state index in [2.05, 4.69) is 29.5 Å². The van der Waals surface area contributed by atoms with Crippen molar-refractivity contribution < 1.29 is 0 Å². The van der Waals surface area contributed by atoms with Gasteiger partial charge in [0.15, 0.2) is 0 Å². The molecule has 0 aromatic carbocycles. The first kappa shape index (κ1) is 9.43. The molecule has 2 N–H and O–H groups in total. The van der Waals surface area contributed by atoms with Crippen LogP contribution in [-0.4, -0.2) is 9.78 Å². The Morgan fingerprint density at radius 3 is 2.93 bits per heavy atom. The molecule has 0 aliphatic carbocycles. The maximum Gasteiger partial charge on any atom is 0.103 e. The van der Waals surface area contributed by atoms with Crippen molar-refractivity contribution in [2.24, 2.45) is 5.73 Å². The van der Waals surface area contributed by atoms with Gasteiger partial charge in [-0.25, -0.2) is 0 Å². The molecule has 74 valence electrons. The number of hydrogen-bond acceptors (Lipinski definition) is 3. The predicted molar refractivity (Wildman–Crippen MR) is 59.1 cm³/mol. The largest absolute Gasteiger partial charge is 0.325 e. The van der Waals surface area contributed by atoms with E-state index < -0.39 is 0 Å². The van der Waals surface area contributed by atoms with Crippen LogP contribution in [0.25, 0.3) is 10.6 Å². The summed E-state index contributed by atoms with van der Waals surface area (Å²) in [6.45, 7) is 3.49. The maximum absolute atomic E-state index is 5.64. The van der Waals surface area contributed by atoms with Crippen LogP contribution in [0.1, 0.15) is 12.6 Å². The highest BCUT2D eigenvalue weighted by Gasteiger charge is 2.07. The van der Waals surface area contributed by atoms with Gasteiger partial charge in [0.1, 0.15) is 5.69 Å². The third kappa shape index (κ3) is 1.58. The summed E-state index contributed by atoms with van der Waals surface area (Å²) in [4.78, 5) is 1.20. The van der Waals surface area contributed by atoms with E-state index in [4.69, 9.17) is 5.73 Å². The first-order valence-corrected chi connectivity index (χ1v) is 5.53. The fourth-order valence-electron chi connectivity index (χ4n) is 1.44. The molecular weight excluding hydrogens is 194 g/mol. The van der Waals surface area contributed by atoms with Crippen LogP contribution in [0.4, 0.5) is 0 Å². The third-order valence-electron chi connectivity index (χ3n) is 2.15. The molecule has 0 spiro atoms. The van der Waals surface area contributed by atoms with Crippen LogP contribution in [0, 0.1) is 0 Å². The van der Waals surface area contributed by atoms with E-state index in [0.29, 0.717) is 6.54 Å². The second-order valence-corrected chi connectivity index (χ2v) is 3.97. The SMILES string of the molecule is CCn1nc(-c2cccs2)cc1CN. The van der Waals surface area contributed by atoms with Crippen molar-refractivity contribution in [3.8, 4) is 10.6 Å². The van der Waals surface area contributed by atoms with Crippen LogP contribution in [0.2, 0.25) is 0 Å². The molecule has 4 heteroatoms. The van der Waals surface area contributed by atoms with Crippen molar-refractivity contribution in [2.75, 3.05) is 0 Å². The minimum absolute atomic E-state index is 0.548. The van der Waals surface area contributed by atoms with Crippen LogP contribution in [0.15, 0.2) is 23.6 Å². The number of thiophene rings is 1. The normalized spacial score (nSPS) is 10.7. The molecule has 0 unspecified atom stereocenters. The minimum atomic E-state index is 0.548. The number of rotatable bonds is 3. The molecular formula is C10H13N3S. The molecule has 0 saturated heterocycles. The maximum atomic E-state index is 5.64. The van der Waals surface area contributed by atoms with Gasteiger partial charge in [0.05, 0.1) is 10.6 Å². The standard InChI is InChI=1S/C10H13N3S/c1-2-13-8(7-11)6-9(12-13)10-4-3-5-14-10/h3-6H,2,7,11H2,1H3. The molecule has 0 atom stereocenters. The van der Waals surface area contributed by atoms with Crippen LogP contribution in [-0.2, 0) is 13.1 Å². The van der Waals surface area contributed by atoms with Crippen molar-refractivity contribution in [1.29, 1.82) is 0 Å². The Hall–Kier alpha value is -1.13. The molecule has 3 nitrogen and oxygen atoms in total. The number of aryl methyl sites for hydroxylation is 1. The molecule has 2 rings (SSSR count). The van der Waals surface area contributed by atoms with Crippen LogP contribution in [0.3, 0.4) is 0 Å². The van der Waals surface area contributed by atoms with Crippen molar-refractivity contribution in [3.05, 3.63) is 29.3 Å². The summed E-state index contributed by atoms with van der Waals surface area (Å²) < 4.78 is 1.95. The van der Waals surface area contributed by atoms with Gasteiger partial charge >= 0.3 is 0 Å². The molecule has 0 bridgehead atoms. The molecule has 0 aliphatic rings. The molecule has 0 amide bonds. The van der Waals surface area contributed by atoms with E-state index in [1.807, 2.05) is 10.7 Å². The highest BCUT2D eigenvalue weighted by Crippen LogP contribution is 2.23. The van der Waals surface area contributed by atoms with Crippen LogP contribution < -0.4 is 5.73 Å². The smallest absolute Gasteiger partial charge is 0.103 e. The number of nitrogens with zero attached hydrogens (tertiary/aromatic N) is 2. The summed E-state index contributed by atoms with van der Waals surface area (Å²) in [5.74, 6) is 0. The first-order valence-electron chi connectivity index (χ1n) is 4.65. The Bertz CT molecular complexity index is 381. The number of nitrogens with two attached hydrogens (primary N) is 1. The Kier molecular flexibility index (Phi) is 2.65. The molecule has 0 saturated carbocycles. The molecule has 0 radical (unpaired) electrons. The average Bonchev–Trinajstić information content (AvgIpc) is 2.85. The van der Waals surface area contributed by atoms with Gasteiger partial charge in [0, 0.05) is 13.1 Å². The lowest BCUT2D eigenvalue weighted by molar-refractivity contribution is 0.624. The highest BCUT2D eigenvalue weighted by atomic mass is 32.1. The lowest BCUT2D eigenvalue weighted by Crippen LogP contribution is -2.06. The first-order chi connectivity index (χ1) is 6.85. The van der Waals surface area contributed by atoms with Crippen LogP contribution in [0.5, 0.6) is 0 Å². The van der Waals surface area contributed by atoms with Gasteiger partial charge in [-0.05, 0) is 24.4 Å². The van der Waals surface area contributed by atoms with Crippen molar-refractivity contribution in [3.63, 3.8) is 0 Å². The van der Waals surface area contributed by atoms with Gasteiger partial charge in [-0.3, -0.25) is 4.68 Å². The molecule has 2 aromatic heterocycles. The summed E-state index contributed by atoms with van der Waals surface area (Å²) in [5, 5.41) is 6.55. The Labute approximate surface area is 87.2 Å². The van der Waals surface area contributed by atoms with E-state index in [-0.39, 0.29) is 0 Å². The molecule has 0 fully saturated rings. The van der Waals surface area contributed by atoms with Crippen molar-refractivity contribution in [1.82, 2.24) is 9.78 Å². The zero-order chi connectivity index (χ0) is 9.97. The minimum Gasteiger partial charge on any atom is -0.325 e. The fourth-order valence-corrected chi connectivity index (χ4v) is 2.12. The van der Waals surface area contributed by atoms with E-state index >= 15 is 0 Å². The monoisotopic (exact) mass is 207 g/mol. The molecule has 14 heavy (non-hydrogen) atoms. The van der Waals surface area contributed by atoms with Crippen LogP contribution >= 0.6 is 11.3 Å². The van der Waals surface area contributed by atoms with Crippen molar-refractivity contribution >= 4 is 11.3 Å². The molecule has 2 aromatic rings. The van der Waals surface area contributed by atoms with Gasteiger partial charge in [0.2, 0.25) is 0 Å². The molecule has 2 heterocycles. The average molecular weight is 207 g/mol. The van der Waals surface area contributed by atoms with E-state index in [1.54, 1.807) is 11.3 Å². The van der Waals surface area contributed by atoms with Gasteiger partial charge in [-0.1, -0.05) is 6.07 Å². The van der Waals surface area contributed by atoms with Gasteiger partial charge < -0.3 is 5.73 Å². The van der Waals surface area contributed by atoms with Crippen molar-refractivity contribution in [2.45, 2.75) is 20.0 Å². The Morgan fingerprint density at radius 2 is 2.43 bits per heavy atom. The summed E-state index contributed by atoms with van der Waals surface area (Å²) in [7, 11) is 0. The second kappa shape index (κ2) is 3.94. The zero-order valence-electron chi connectivity index (χ0n) is 8.10. The van der Waals surface area contributed by atoms with Gasteiger partial charge in [0.25, 0.3) is 0 Å². The number of hydrogen-bond donors (Lipinski definition) is 1. The van der Waals surface area contributed by atoms with E-state index in [1.165, 1.54) is 4.88 Å². The molecule has 0 aliphatic heterocycles. The lowest BCUT2D eigenvalue weighted by atomic mass is 10.3. The topological polar surface area (TPSA) is 43.8 Å². The van der Waals surface area contributed by atoms with E-state index in [9.17, 15) is 0 Å². The zero-order valence-corrected chi connectivity index (χ0v) is 8.92. The summed E-state index contributed by atoms with van der Waals surface area (Å²) in [6.07, 6.45) is 0. The Balaban J connectivity index is 2.41. The summed E-state index contributed by atoms with van der Waals surface area (Å²) in [6, 6.07) is 6.18. The van der Waals surface area contributed by atoms with E-state index in [0.717, 1.165) is 17.9 Å². The quantitative estimate of drug-likeness (QED) is 0.837. The third-order valence-corrected chi connectivity index (χ3v) is 3.04. The fraction of sp³-hybridized carbons (Fsp3) is 0.300. The summed E-state index contributed by atoms with van der Waals surface area (Å²) >= 11 is 1.70. The van der Waals surface area contributed by atoms with Gasteiger partial charge in [-0.2, -0.15) is 5.10 Å². The Morgan fingerprint density at radius 1 is 1.57 bits per heavy atom. The predicted octanol–water partition coefficient (Wildman–Crippen LogP) is 2.09. The summed E-state index contributed by atoms with van der Waals surface area (Å²) in [5.41, 5.74) is 7.76. The highest BCUT2D eigenvalue weighted by molar-refractivity contribution is 7.13. The van der Waals surface area contributed by atoms with Gasteiger partial charge in [-0.15, -0.1) is 11.3 Å².